The van der Waals surface area contributed by atoms with Crippen LogP contribution in [0, 0.1) is 0 Å². The molecule has 0 saturated carbocycles. The third-order valence-corrected chi connectivity index (χ3v) is 3.97. The first-order chi connectivity index (χ1) is 10.6. The second kappa shape index (κ2) is 4.57. The number of para-hydroxylation sites is 1. The van der Waals surface area contributed by atoms with Gasteiger partial charge in [0.2, 0.25) is 0 Å². The van der Waals surface area contributed by atoms with E-state index in [1.807, 2.05) is 25.2 Å². The van der Waals surface area contributed by atoms with E-state index in [4.69, 9.17) is 0 Å². The Labute approximate surface area is 126 Å². The number of hydroxylamine groups is 1. The van der Waals surface area contributed by atoms with Crippen molar-refractivity contribution in [3.8, 4) is 11.3 Å². The Kier molecular flexibility index (Phi) is 2.67. The van der Waals surface area contributed by atoms with Crippen molar-refractivity contribution in [1.82, 2.24) is 19.5 Å². The number of aromatic nitrogens is 4. The van der Waals surface area contributed by atoms with Gasteiger partial charge in [-0.3, -0.25) is 5.21 Å². The summed E-state index contributed by atoms with van der Waals surface area (Å²) in [6.07, 6.45) is 3.47. The van der Waals surface area contributed by atoms with Crippen LogP contribution in [0.15, 0.2) is 42.9 Å². The lowest BCUT2D eigenvalue weighted by atomic mass is 10.1. The molecule has 0 radical (unpaired) electrons. The van der Waals surface area contributed by atoms with Gasteiger partial charge in [-0.25, -0.2) is 15.0 Å². The van der Waals surface area contributed by atoms with Crippen LogP contribution in [0.2, 0.25) is 0 Å². The lowest BCUT2D eigenvalue weighted by Gasteiger charge is -2.08. The highest BCUT2D eigenvalue weighted by atomic mass is 16.5. The molecule has 0 atom stereocenters. The van der Waals surface area contributed by atoms with Crippen molar-refractivity contribution in [2.45, 2.75) is 0 Å². The maximum atomic E-state index is 9.54. The zero-order chi connectivity index (χ0) is 15.3. The van der Waals surface area contributed by atoms with E-state index in [1.165, 1.54) is 0 Å². The van der Waals surface area contributed by atoms with Crippen LogP contribution in [-0.4, -0.2) is 31.8 Å². The van der Waals surface area contributed by atoms with Crippen LogP contribution in [0.1, 0.15) is 0 Å². The molecule has 0 spiro atoms. The molecule has 0 aliphatic carbocycles. The first kappa shape index (κ1) is 12.8. The molecule has 2 N–H and O–H groups in total. The molecule has 0 aliphatic heterocycles. The minimum Gasteiger partial charge on any atom is -0.345 e. The van der Waals surface area contributed by atoms with Crippen molar-refractivity contribution < 1.29 is 5.21 Å². The summed E-state index contributed by atoms with van der Waals surface area (Å²) >= 11 is 0. The van der Waals surface area contributed by atoms with Crippen molar-refractivity contribution in [2.75, 3.05) is 12.1 Å². The summed E-state index contributed by atoms with van der Waals surface area (Å²) < 4.78 is 2.09. The molecular weight excluding hydrogens is 278 g/mol. The lowest BCUT2D eigenvalue weighted by Crippen LogP contribution is -2.11. The zero-order valence-corrected chi connectivity index (χ0v) is 12.3. The largest absolute Gasteiger partial charge is 0.345 e. The van der Waals surface area contributed by atoms with Gasteiger partial charge in [-0.05, 0) is 18.2 Å². The number of imidazole rings is 1. The van der Waals surface area contributed by atoms with Crippen LogP contribution < -0.4 is 5.06 Å². The molecule has 22 heavy (non-hydrogen) atoms. The number of aryl methyl sites for hydroxylation is 1. The van der Waals surface area contributed by atoms with E-state index >= 15 is 0 Å². The van der Waals surface area contributed by atoms with Gasteiger partial charge in [0, 0.05) is 25.0 Å². The number of hydrogen-bond donors (Lipinski definition) is 2. The van der Waals surface area contributed by atoms with Crippen LogP contribution >= 0.6 is 0 Å². The molecule has 3 aromatic heterocycles. The predicted molar refractivity (Wildman–Crippen MR) is 86.0 cm³/mol. The fraction of sp³-hybridized carbons (Fsp3) is 0.125. The molecule has 3 heterocycles. The smallest absolute Gasteiger partial charge is 0.152 e. The highest BCUT2D eigenvalue weighted by molar-refractivity contribution is 5.96. The second-order valence-electron chi connectivity index (χ2n) is 5.32. The fourth-order valence-electron chi connectivity index (χ4n) is 2.83. The minimum atomic E-state index is 0.516. The number of H-pyrrole nitrogens is 1. The molecular formula is C16H15N5O. The second-order valence-corrected chi connectivity index (χ2v) is 5.32. The molecule has 4 rings (SSSR count). The third-order valence-electron chi connectivity index (χ3n) is 3.97. The first-order valence-corrected chi connectivity index (χ1v) is 6.95. The van der Waals surface area contributed by atoms with Crippen LogP contribution in [-0.2, 0) is 7.05 Å². The van der Waals surface area contributed by atoms with E-state index in [0.29, 0.717) is 5.82 Å². The number of nitrogens with one attached hydrogen (secondary N) is 1. The van der Waals surface area contributed by atoms with Crippen molar-refractivity contribution in [3.63, 3.8) is 0 Å². The Morgan fingerprint density at radius 3 is 2.91 bits per heavy atom. The molecule has 4 aromatic rings. The average Bonchev–Trinajstić information content (AvgIpc) is 3.11. The molecule has 6 nitrogen and oxygen atoms in total. The Morgan fingerprint density at radius 2 is 2.09 bits per heavy atom. The number of aromatic amines is 1. The summed E-state index contributed by atoms with van der Waals surface area (Å²) in [5, 5.41) is 11.6. The number of hydrogen-bond acceptors (Lipinski definition) is 4. The van der Waals surface area contributed by atoms with Gasteiger partial charge in [-0.2, -0.15) is 0 Å². The lowest BCUT2D eigenvalue weighted by molar-refractivity contribution is 0.276. The van der Waals surface area contributed by atoms with Gasteiger partial charge in [-0.1, -0.05) is 12.1 Å². The summed E-state index contributed by atoms with van der Waals surface area (Å²) in [7, 11) is 3.57. The maximum Gasteiger partial charge on any atom is 0.152 e. The average molecular weight is 293 g/mol. The van der Waals surface area contributed by atoms with E-state index in [-0.39, 0.29) is 0 Å². The van der Waals surface area contributed by atoms with Crippen LogP contribution in [0.4, 0.5) is 5.82 Å². The number of anilines is 1. The van der Waals surface area contributed by atoms with Gasteiger partial charge in [0.1, 0.15) is 0 Å². The Hall–Kier alpha value is -2.86. The van der Waals surface area contributed by atoms with Crippen molar-refractivity contribution in [3.05, 3.63) is 42.9 Å². The molecule has 0 aliphatic rings. The van der Waals surface area contributed by atoms with Gasteiger partial charge >= 0.3 is 0 Å². The maximum absolute atomic E-state index is 9.54. The normalized spacial score (nSPS) is 11.4. The number of rotatable bonds is 2. The third kappa shape index (κ3) is 1.78. The molecule has 0 amide bonds. The minimum absolute atomic E-state index is 0.516. The summed E-state index contributed by atoms with van der Waals surface area (Å²) in [5.74, 6) is 0.516. The van der Waals surface area contributed by atoms with Gasteiger partial charge in [0.05, 0.1) is 34.8 Å². The number of fused-ring (bicyclic) bond motifs is 2. The van der Waals surface area contributed by atoms with Gasteiger partial charge in [0.15, 0.2) is 5.82 Å². The van der Waals surface area contributed by atoms with E-state index in [0.717, 1.165) is 38.3 Å². The molecule has 0 bridgehead atoms. The summed E-state index contributed by atoms with van der Waals surface area (Å²) in [5.41, 5.74) is 5.09. The van der Waals surface area contributed by atoms with Crippen LogP contribution in [0.25, 0.3) is 33.2 Å². The van der Waals surface area contributed by atoms with Gasteiger partial charge in [0.25, 0.3) is 0 Å². The van der Waals surface area contributed by atoms with E-state index in [1.54, 1.807) is 19.6 Å². The highest BCUT2D eigenvalue weighted by Gasteiger charge is 2.13. The number of pyridine rings is 1. The van der Waals surface area contributed by atoms with Gasteiger partial charge in [-0.15, -0.1) is 0 Å². The Morgan fingerprint density at radius 1 is 1.23 bits per heavy atom. The number of benzene rings is 1. The molecule has 6 heteroatoms. The standard InChI is InChI=1S/C16H15N5O/c1-20-13(11-4-3-5-12-16(11)19-9-18-12)6-10-7-15(21(2)22)17-8-14(10)20/h3-9,22H,1-2H3,(H,18,19). The monoisotopic (exact) mass is 293 g/mol. The van der Waals surface area contributed by atoms with E-state index in [9.17, 15) is 5.21 Å². The van der Waals surface area contributed by atoms with E-state index in [2.05, 4.69) is 31.7 Å². The molecule has 110 valence electrons. The number of nitrogens with zero attached hydrogens (tertiary/aromatic N) is 4. The first-order valence-electron chi connectivity index (χ1n) is 6.95. The summed E-state index contributed by atoms with van der Waals surface area (Å²) in [6, 6.07) is 10.0. The fourth-order valence-corrected chi connectivity index (χ4v) is 2.83. The van der Waals surface area contributed by atoms with Crippen molar-refractivity contribution in [2.24, 2.45) is 7.05 Å². The Bertz CT molecular complexity index is 983. The molecule has 0 fully saturated rings. The zero-order valence-electron chi connectivity index (χ0n) is 12.3. The highest BCUT2D eigenvalue weighted by Crippen LogP contribution is 2.31. The van der Waals surface area contributed by atoms with Crippen LogP contribution in [0.3, 0.4) is 0 Å². The van der Waals surface area contributed by atoms with Crippen LogP contribution in [0.5, 0.6) is 0 Å². The molecule has 1 aromatic carbocycles. The van der Waals surface area contributed by atoms with Gasteiger partial charge < -0.3 is 9.55 Å². The summed E-state index contributed by atoms with van der Waals surface area (Å²) in [6.45, 7) is 0. The van der Waals surface area contributed by atoms with Crippen molar-refractivity contribution >= 4 is 27.8 Å². The predicted octanol–water partition coefficient (Wildman–Crippen LogP) is 2.94. The molecule has 0 saturated heterocycles. The quantitative estimate of drug-likeness (QED) is 0.557. The van der Waals surface area contributed by atoms with E-state index < -0.39 is 0 Å². The molecule has 0 unspecified atom stereocenters. The Balaban J connectivity index is 1.99. The summed E-state index contributed by atoms with van der Waals surface area (Å²) in [4.78, 5) is 11.8. The SMILES string of the molecule is CN(O)c1cc2cc(-c3cccc4[nH]cnc34)n(C)c2cn1. The topological polar surface area (TPSA) is 70.0 Å². The van der Waals surface area contributed by atoms with Crippen molar-refractivity contribution in [1.29, 1.82) is 0 Å².